The van der Waals surface area contributed by atoms with E-state index < -0.39 is 0 Å². The number of aliphatic hydroxyl groups is 2. The molecule has 0 aromatic carbocycles. The van der Waals surface area contributed by atoms with Crippen molar-refractivity contribution in [2.75, 3.05) is 6.61 Å². The largest absolute Gasteiger partial charge is 0.393 e. The molecule has 12 atom stereocenters. The molecular weight excluding hydrogens is 388 g/mol. The summed E-state index contributed by atoms with van der Waals surface area (Å²) in [6.07, 6.45) is 10.3. The van der Waals surface area contributed by atoms with Gasteiger partial charge in [0, 0.05) is 12.3 Å². The molecule has 174 valence electrons. The normalized spacial score (nSPS) is 60.7. The Morgan fingerprint density at radius 2 is 1.81 bits per heavy atom. The molecule has 0 aromatic heterocycles. The van der Waals surface area contributed by atoms with Crippen molar-refractivity contribution in [2.45, 2.75) is 103 Å². The molecule has 0 amide bonds. The Bertz CT molecular complexity index is 769. The zero-order valence-electron chi connectivity index (χ0n) is 19.8. The predicted molar refractivity (Wildman–Crippen MR) is 119 cm³/mol. The van der Waals surface area contributed by atoms with Gasteiger partial charge >= 0.3 is 0 Å². The molecule has 1 spiro atoms. The maximum absolute atomic E-state index is 11.4. The van der Waals surface area contributed by atoms with Crippen LogP contribution in [0.4, 0.5) is 0 Å². The van der Waals surface area contributed by atoms with Gasteiger partial charge in [0.1, 0.15) is 0 Å². The summed E-state index contributed by atoms with van der Waals surface area (Å²) in [7, 11) is 0. The van der Waals surface area contributed by atoms with Gasteiger partial charge in [0.15, 0.2) is 5.79 Å². The van der Waals surface area contributed by atoms with Crippen molar-refractivity contribution in [3.63, 3.8) is 0 Å². The third-order valence-corrected chi connectivity index (χ3v) is 11.4. The third-order valence-electron chi connectivity index (χ3n) is 11.4. The van der Waals surface area contributed by atoms with Gasteiger partial charge < -0.3 is 19.7 Å². The summed E-state index contributed by atoms with van der Waals surface area (Å²) in [4.78, 5) is 0. The first-order chi connectivity index (χ1) is 14.7. The van der Waals surface area contributed by atoms with Crippen molar-refractivity contribution >= 4 is 0 Å². The topological polar surface area (TPSA) is 58.9 Å². The first-order valence-electron chi connectivity index (χ1n) is 13.1. The lowest BCUT2D eigenvalue weighted by molar-refractivity contribution is -0.273. The second-order valence-electron chi connectivity index (χ2n) is 12.8. The quantitative estimate of drug-likeness (QED) is 0.548. The Balaban J connectivity index is 1.31. The Morgan fingerprint density at radius 1 is 1.00 bits per heavy atom. The smallest absolute Gasteiger partial charge is 0.171 e. The van der Waals surface area contributed by atoms with Crippen LogP contribution >= 0.6 is 0 Å². The van der Waals surface area contributed by atoms with Crippen LogP contribution in [0.15, 0.2) is 11.6 Å². The van der Waals surface area contributed by atoms with Gasteiger partial charge in [-0.05, 0) is 85.4 Å². The number of hydrogen-bond donors (Lipinski definition) is 2. The molecule has 6 aliphatic rings. The van der Waals surface area contributed by atoms with Crippen molar-refractivity contribution in [1.29, 1.82) is 0 Å². The van der Waals surface area contributed by atoms with Gasteiger partial charge in [0.25, 0.3) is 0 Å². The Morgan fingerprint density at radius 3 is 2.55 bits per heavy atom. The number of fused-ring (bicyclic) bond motifs is 7. The summed E-state index contributed by atoms with van der Waals surface area (Å²) in [5.74, 6) is 2.59. The predicted octanol–water partition coefficient (Wildman–Crippen LogP) is 4.68. The van der Waals surface area contributed by atoms with Crippen LogP contribution in [0.1, 0.15) is 79.1 Å². The molecule has 4 aliphatic carbocycles. The van der Waals surface area contributed by atoms with Gasteiger partial charge in [-0.25, -0.2) is 0 Å². The SMILES string of the molecule is C[C@@H]1CC[C@@]2(OC1)O[C@H]1C[C@H]3[C@@H]4[C@@H](O)C=C5C[C@@H](O)CC[C@]5(C)[C@H]4CC[C@]3(C)[C@H]1[C@@H]2C. The van der Waals surface area contributed by atoms with E-state index in [1.807, 2.05) is 0 Å². The average Bonchev–Trinajstić information content (AvgIpc) is 3.16. The van der Waals surface area contributed by atoms with Crippen LogP contribution in [-0.2, 0) is 9.47 Å². The van der Waals surface area contributed by atoms with Crippen molar-refractivity contribution in [2.24, 2.45) is 46.3 Å². The van der Waals surface area contributed by atoms with Gasteiger partial charge in [-0.2, -0.15) is 0 Å². The summed E-state index contributed by atoms with van der Waals surface area (Å²) in [6.45, 7) is 10.4. The molecular formula is C27H42O4. The minimum Gasteiger partial charge on any atom is -0.393 e. The number of hydrogen-bond acceptors (Lipinski definition) is 4. The zero-order valence-corrected chi connectivity index (χ0v) is 19.8. The molecule has 0 aromatic rings. The van der Waals surface area contributed by atoms with E-state index >= 15 is 0 Å². The molecule has 5 fully saturated rings. The van der Waals surface area contributed by atoms with Gasteiger partial charge in [-0.3, -0.25) is 0 Å². The van der Waals surface area contributed by atoms with Gasteiger partial charge in [-0.1, -0.05) is 39.3 Å². The maximum atomic E-state index is 11.4. The van der Waals surface area contributed by atoms with Crippen LogP contribution < -0.4 is 0 Å². The van der Waals surface area contributed by atoms with Crippen LogP contribution in [0, 0.1) is 46.3 Å². The fraction of sp³-hybridized carbons (Fsp3) is 0.926. The minimum absolute atomic E-state index is 0.151. The number of rotatable bonds is 0. The van der Waals surface area contributed by atoms with E-state index in [9.17, 15) is 10.2 Å². The van der Waals surface area contributed by atoms with Gasteiger partial charge in [0.2, 0.25) is 0 Å². The molecule has 2 heterocycles. The molecule has 0 radical (unpaired) electrons. The number of aliphatic hydroxyl groups excluding tert-OH is 2. The highest BCUT2D eigenvalue weighted by molar-refractivity contribution is 5.28. The Hall–Kier alpha value is -0.420. The van der Waals surface area contributed by atoms with Crippen LogP contribution in [0.5, 0.6) is 0 Å². The molecule has 2 saturated heterocycles. The second kappa shape index (κ2) is 6.81. The van der Waals surface area contributed by atoms with E-state index in [-0.39, 0.29) is 34.9 Å². The fourth-order valence-electron chi connectivity index (χ4n) is 9.65. The highest BCUT2D eigenvalue weighted by atomic mass is 16.7. The molecule has 2 aliphatic heterocycles. The van der Waals surface area contributed by atoms with Crippen LogP contribution in [0.2, 0.25) is 0 Å². The van der Waals surface area contributed by atoms with E-state index in [0.29, 0.717) is 35.5 Å². The molecule has 6 rings (SSSR count). The Labute approximate surface area is 187 Å². The fourth-order valence-corrected chi connectivity index (χ4v) is 9.65. The minimum atomic E-state index is -0.377. The Kier molecular flexibility index (Phi) is 4.64. The van der Waals surface area contributed by atoms with Crippen molar-refractivity contribution in [1.82, 2.24) is 0 Å². The van der Waals surface area contributed by atoms with Crippen molar-refractivity contribution in [3.05, 3.63) is 11.6 Å². The summed E-state index contributed by atoms with van der Waals surface area (Å²) in [5.41, 5.74) is 1.70. The monoisotopic (exact) mass is 430 g/mol. The number of ether oxygens (including phenoxy) is 2. The summed E-state index contributed by atoms with van der Waals surface area (Å²) >= 11 is 0. The van der Waals surface area contributed by atoms with E-state index in [1.165, 1.54) is 24.8 Å². The van der Waals surface area contributed by atoms with Crippen molar-refractivity contribution in [3.8, 4) is 0 Å². The highest BCUT2D eigenvalue weighted by Gasteiger charge is 2.69. The molecule has 4 heteroatoms. The summed E-state index contributed by atoms with van der Waals surface area (Å²) < 4.78 is 13.3. The van der Waals surface area contributed by atoms with Gasteiger partial charge in [0.05, 0.1) is 24.9 Å². The van der Waals surface area contributed by atoms with E-state index in [2.05, 4.69) is 33.8 Å². The molecule has 3 saturated carbocycles. The van der Waals surface area contributed by atoms with Crippen LogP contribution in [-0.4, -0.2) is 40.9 Å². The molecule has 2 N–H and O–H groups in total. The van der Waals surface area contributed by atoms with Crippen molar-refractivity contribution < 1.29 is 19.7 Å². The second-order valence-corrected chi connectivity index (χ2v) is 12.8. The van der Waals surface area contributed by atoms with Gasteiger partial charge in [-0.15, -0.1) is 0 Å². The lowest BCUT2D eigenvalue weighted by atomic mass is 9.46. The van der Waals surface area contributed by atoms with E-state index in [4.69, 9.17) is 9.47 Å². The first kappa shape index (κ1) is 21.1. The first-order valence-corrected chi connectivity index (χ1v) is 13.1. The summed E-state index contributed by atoms with van der Waals surface area (Å²) in [5, 5.41) is 21.6. The third kappa shape index (κ3) is 2.74. The zero-order chi connectivity index (χ0) is 21.8. The van der Waals surface area contributed by atoms with Crippen LogP contribution in [0.25, 0.3) is 0 Å². The van der Waals surface area contributed by atoms with E-state index in [1.54, 1.807) is 0 Å². The molecule has 4 nitrogen and oxygen atoms in total. The molecule has 0 bridgehead atoms. The van der Waals surface area contributed by atoms with E-state index in [0.717, 1.165) is 38.7 Å². The molecule has 0 unspecified atom stereocenters. The standard InChI is InChI=1S/C27H42O4/c1-15-5-10-27(30-14-15)16(2)24-22(31-27)13-20-23-19(7-9-26(20,24)4)25(3)8-6-18(28)11-17(25)12-21(23)29/h12,15-16,18-24,28-29H,5-11,13-14H2,1-4H3/t15-,16+,18+,19+,20+,21+,22+,23-,24+,25+,26+,27-/m1/s1. The summed E-state index contributed by atoms with van der Waals surface area (Å²) in [6, 6.07) is 0. The lowest BCUT2D eigenvalue weighted by Crippen LogP contribution is -2.55. The lowest BCUT2D eigenvalue weighted by Gasteiger charge is -2.59. The molecule has 31 heavy (non-hydrogen) atoms. The van der Waals surface area contributed by atoms with Crippen LogP contribution in [0.3, 0.4) is 0 Å². The highest BCUT2D eigenvalue weighted by Crippen LogP contribution is 2.70. The average molecular weight is 431 g/mol. The maximum Gasteiger partial charge on any atom is 0.171 e.